The maximum atomic E-state index is 5.45. The summed E-state index contributed by atoms with van der Waals surface area (Å²) in [6, 6.07) is 2.30. The third kappa shape index (κ3) is 3.80. The fourth-order valence-corrected chi connectivity index (χ4v) is 2.91. The Hall–Kier alpha value is -1.40. The van der Waals surface area contributed by atoms with Crippen molar-refractivity contribution in [3.8, 4) is 0 Å². The molecule has 1 fully saturated rings. The molecule has 0 saturated heterocycles. The Morgan fingerprint density at radius 3 is 2.70 bits per heavy atom. The van der Waals surface area contributed by atoms with Gasteiger partial charge in [0.25, 0.3) is 0 Å². The van der Waals surface area contributed by atoms with Crippen molar-refractivity contribution in [2.45, 2.75) is 45.8 Å². The first-order chi connectivity index (χ1) is 9.62. The molecule has 0 bridgehead atoms. The summed E-state index contributed by atoms with van der Waals surface area (Å²) in [7, 11) is 1.63. The van der Waals surface area contributed by atoms with Crippen molar-refractivity contribution in [2.75, 3.05) is 17.9 Å². The molecule has 0 radical (unpaired) electrons. The Labute approximate surface area is 120 Å². The Morgan fingerprint density at radius 2 is 2.05 bits per heavy atom. The summed E-state index contributed by atoms with van der Waals surface area (Å²) in [6.45, 7) is 5.00. The number of nitrogens with one attached hydrogen (secondary N) is 2. The highest BCUT2D eigenvalue weighted by atomic mass is 16.5. The second kappa shape index (κ2) is 6.85. The molecule has 3 unspecified atom stereocenters. The van der Waals surface area contributed by atoms with Gasteiger partial charge in [0.2, 0.25) is 0 Å². The SMILES string of the molecule is COCc1nc(NN)cc(NC2CCC(C)CC2C)n1. The fourth-order valence-electron chi connectivity index (χ4n) is 2.91. The number of hydrogen-bond acceptors (Lipinski definition) is 6. The summed E-state index contributed by atoms with van der Waals surface area (Å²) in [5.74, 6) is 8.96. The second-order valence-corrected chi connectivity index (χ2v) is 5.78. The lowest BCUT2D eigenvalue weighted by atomic mass is 9.80. The van der Waals surface area contributed by atoms with Crippen LogP contribution in [0, 0.1) is 11.8 Å². The van der Waals surface area contributed by atoms with Crippen LogP contribution in [0.5, 0.6) is 0 Å². The molecule has 0 aromatic carbocycles. The minimum atomic E-state index is 0.376. The van der Waals surface area contributed by atoms with Crippen molar-refractivity contribution in [1.29, 1.82) is 0 Å². The Bertz CT molecular complexity index is 440. The smallest absolute Gasteiger partial charge is 0.158 e. The number of aromatic nitrogens is 2. The molecule has 20 heavy (non-hydrogen) atoms. The van der Waals surface area contributed by atoms with Crippen LogP contribution in [0.25, 0.3) is 0 Å². The molecule has 1 saturated carbocycles. The monoisotopic (exact) mass is 279 g/mol. The number of rotatable bonds is 5. The molecule has 0 amide bonds. The van der Waals surface area contributed by atoms with E-state index in [0.717, 1.165) is 11.7 Å². The summed E-state index contributed by atoms with van der Waals surface area (Å²) in [4.78, 5) is 8.73. The molecule has 0 aliphatic heterocycles. The van der Waals surface area contributed by atoms with E-state index in [2.05, 4.69) is 34.6 Å². The van der Waals surface area contributed by atoms with Crippen LogP contribution in [0.15, 0.2) is 6.07 Å². The van der Waals surface area contributed by atoms with Gasteiger partial charge in [-0.1, -0.05) is 13.8 Å². The predicted octanol–water partition coefficient (Wildman–Crippen LogP) is 2.15. The minimum absolute atomic E-state index is 0.376. The third-order valence-corrected chi connectivity index (χ3v) is 3.96. The van der Waals surface area contributed by atoms with E-state index in [-0.39, 0.29) is 0 Å². The third-order valence-electron chi connectivity index (χ3n) is 3.96. The highest BCUT2D eigenvalue weighted by Gasteiger charge is 2.25. The molecule has 1 aliphatic carbocycles. The van der Waals surface area contributed by atoms with E-state index in [1.165, 1.54) is 19.3 Å². The standard InChI is InChI=1S/C14H25N5O/c1-9-4-5-11(10(2)6-9)16-12-7-13(19-15)18-14(17-12)8-20-3/h7,9-11H,4-6,8,15H2,1-3H3,(H2,16,17,18,19). The van der Waals surface area contributed by atoms with Gasteiger partial charge in [-0.3, -0.25) is 0 Å². The van der Waals surface area contributed by atoms with Crippen LogP contribution < -0.4 is 16.6 Å². The summed E-state index contributed by atoms with van der Waals surface area (Å²) < 4.78 is 5.09. The van der Waals surface area contributed by atoms with Gasteiger partial charge >= 0.3 is 0 Å². The highest BCUT2D eigenvalue weighted by Crippen LogP contribution is 2.30. The summed E-state index contributed by atoms with van der Waals surface area (Å²) in [6.07, 6.45) is 3.70. The highest BCUT2D eigenvalue weighted by molar-refractivity contribution is 5.47. The Morgan fingerprint density at radius 1 is 1.30 bits per heavy atom. The molecule has 1 aromatic heterocycles. The zero-order chi connectivity index (χ0) is 14.5. The molecule has 112 valence electrons. The lowest BCUT2D eigenvalue weighted by Crippen LogP contribution is -2.33. The largest absolute Gasteiger partial charge is 0.377 e. The number of ether oxygens (including phenoxy) is 1. The molecule has 4 N–H and O–H groups in total. The zero-order valence-electron chi connectivity index (χ0n) is 12.5. The van der Waals surface area contributed by atoms with E-state index in [9.17, 15) is 0 Å². The normalized spacial score (nSPS) is 26.3. The molecule has 6 heteroatoms. The van der Waals surface area contributed by atoms with Gasteiger partial charge in [-0.25, -0.2) is 15.8 Å². The topological polar surface area (TPSA) is 85.1 Å². The van der Waals surface area contributed by atoms with Gasteiger partial charge in [0.15, 0.2) is 5.82 Å². The quantitative estimate of drug-likeness (QED) is 0.565. The maximum Gasteiger partial charge on any atom is 0.158 e. The van der Waals surface area contributed by atoms with Gasteiger partial charge in [-0.15, -0.1) is 0 Å². The van der Waals surface area contributed by atoms with E-state index in [4.69, 9.17) is 10.6 Å². The first kappa shape index (κ1) is 15.0. The lowest BCUT2D eigenvalue weighted by molar-refractivity contribution is 0.178. The Kier molecular flexibility index (Phi) is 5.14. The number of hydrogen-bond donors (Lipinski definition) is 3. The minimum Gasteiger partial charge on any atom is -0.377 e. The molecule has 0 spiro atoms. The van der Waals surface area contributed by atoms with Crippen LogP contribution >= 0.6 is 0 Å². The summed E-state index contributed by atoms with van der Waals surface area (Å²) in [5, 5.41) is 3.52. The first-order valence-corrected chi connectivity index (χ1v) is 7.22. The van der Waals surface area contributed by atoms with Crippen molar-refractivity contribution in [3.05, 3.63) is 11.9 Å². The van der Waals surface area contributed by atoms with Crippen LogP contribution in [0.3, 0.4) is 0 Å². The van der Waals surface area contributed by atoms with Crippen molar-refractivity contribution >= 4 is 11.6 Å². The van der Waals surface area contributed by atoms with Crippen LogP contribution in [0.1, 0.15) is 38.9 Å². The van der Waals surface area contributed by atoms with Gasteiger partial charge in [0.1, 0.15) is 18.2 Å². The number of anilines is 2. The molecule has 1 aliphatic rings. The maximum absolute atomic E-state index is 5.45. The van der Waals surface area contributed by atoms with Gasteiger partial charge in [0.05, 0.1) is 0 Å². The number of nitrogen functional groups attached to an aromatic ring is 1. The number of nitrogens with zero attached hydrogens (tertiary/aromatic N) is 2. The zero-order valence-corrected chi connectivity index (χ0v) is 12.5. The molecule has 2 rings (SSSR count). The molecule has 6 nitrogen and oxygen atoms in total. The summed E-state index contributed by atoms with van der Waals surface area (Å²) in [5.41, 5.74) is 2.58. The van der Waals surface area contributed by atoms with Crippen molar-refractivity contribution in [2.24, 2.45) is 17.7 Å². The lowest BCUT2D eigenvalue weighted by Gasteiger charge is -2.33. The van der Waals surface area contributed by atoms with Crippen LogP contribution in [0.4, 0.5) is 11.6 Å². The fraction of sp³-hybridized carbons (Fsp3) is 0.714. The van der Waals surface area contributed by atoms with E-state index >= 15 is 0 Å². The number of hydrazine groups is 1. The number of nitrogens with two attached hydrogens (primary N) is 1. The predicted molar refractivity (Wildman–Crippen MR) is 80.1 cm³/mol. The van der Waals surface area contributed by atoms with Gasteiger partial charge in [0, 0.05) is 19.2 Å². The second-order valence-electron chi connectivity index (χ2n) is 5.78. The molecule has 1 aromatic rings. The average Bonchev–Trinajstić information content (AvgIpc) is 2.42. The average molecular weight is 279 g/mol. The summed E-state index contributed by atoms with van der Waals surface area (Å²) >= 11 is 0. The van der Waals surface area contributed by atoms with E-state index < -0.39 is 0 Å². The van der Waals surface area contributed by atoms with Crippen LogP contribution in [-0.4, -0.2) is 23.1 Å². The van der Waals surface area contributed by atoms with Gasteiger partial charge in [-0.05, 0) is 31.1 Å². The number of methoxy groups -OCH3 is 1. The van der Waals surface area contributed by atoms with Crippen molar-refractivity contribution < 1.29 is 4.74 Å². The van der Waals surface area contributed by atoms with Crippen molar-refractivity contribution in [1.82, 2.24) is 9.97 Å². The molecule has 3 atom stereocenters. The molecular weight excluding hydrogens is 254 g/mol. The van der Waals surface area contributed by atoms with Crippen LogP contribution in [0.2, 0.25) is 0 Å². The van der Waals surface area contributed by atoms with Gasteiger partial charge in [-0.2, -0.15) is 0 Å². The van der Waals surface area contributed by atoms with E-state index in [1.54, 1.807) is 7.11 Å². The Balaban J connectivity index is 2.09. The molecule has 1 heterocycles. The first-order valence-electron chi connectivity index (χ1n) is 7.22. The van der Waals surface area contributed by atoms with E-state index in [1.807, 2.05) is 6.07 Å². The van der Waals surface area contributed by atoms with Gasteiger partial charge < -0.3 is 15.5 Å². The van der Waals surface area contributed by atoms with E-state index in [0.29, 0.717) is 30.2 Å². The molecular formula is C14H25N5O. The van der Waals surface area contributed by atoms with Crippen LogP contribution in [-0.2, 0) is 11.3 Å². The van der Waals surface area contributed by atoms with Crippen molar-refractivity contribution in [3.63, 3.8) is 0 Å².